The van der Waals surface area contributed by atoms with E-state index < -0.39 is 5.54 Å². The Morgan fingerprint density at radius 2 is 2.08 bits per heavy atom. The van der Waals surface area contributed by atoms with Crippen LogP contribution in [0.5, 0.6) is 0 Å². The number of nitrogens with one attached hydrogen (secondary N) is 1. The van der Waals surface area contributed by atoms with Gasteiger partial charge in [0.1, 0.15) is 6.10 Å². The third kappa shape index (κ3) is 3.75. The predicted octanol–water partition coefficient (Wildman–Crippen LogP) is 3.00. The Morgan fingerprint density at radius 3 is 2.81 bits per heavy atom. The Balaban J connectivity index is 0.00000196. The molecule has 0 radical (unpaired) electrons. The SMILES string of the molecule is Cl.NC1(c2noc(-c3cccc(NC(=O)C4CCCO4)c3)n2)CCCC1. The third-order valence-corrected chi connectivity index (χ3v) is 4.97. The molecule has 1 unspecified atom stereocenters. The lowest BCUT2D eigenvalue weighted by Gasteiger charge is -2.17. The number of rotatable bonds is 4. The van der Waals surface area contributed by atoms with Crippen molar-refractivity contribution in [3.63, 3.8) is 0 Å². The zero-order valence-corrected chi connectivity index (χ0v) is 15.3. The smallest absolute Gasteiger partial charge is 0.258 e. The fourth-order valence-electron chi connectivity index (χ4n) is 3.51. The maximum absolute atomic E-state index is 12.2. The van der Waals surface area contributed by atoms with E-state index in [1.807, 2.05) is 24.3 Å². The quantitative estimate of drug-likeness (QED) is 0.847. The van der Waals surface area contributed by atoms with Crippen molar-refractivity contribution < 1.29 is 14.1 Å². The summed E-state index contributed by atoms with van der Waals surface area (Å²) in [5, 5.41) is 6.97. The van der Waals surface area contributed by atoms with Gasteiger partial charge < -0.3 is 20.3 Å². The molecule has 1 saturated carbocycles. The summed E-state index contributed by atoms with van der Waals surface area (Å²) >= 11 is 0. The number of amides is 1. The molecule has 4 rings (SSSR count). The van der Waals surface area contributed by atoms with Gasteiger partial charge in [-0.3, -0.25) is 4.79 Å². The first-order valence-electron chi connectivity index (χ1n) is 8.80. The third-order valence-electron chi connectivity index (χ3n) is 4.97. The van der Waals surface area contributed by atoms with Crippen molar-refractivity contribution in [2.45, 2.75) is 50.2 Å². The summed E-state index contributed by atoms with van der Waals surface area (Å²) in [6.07, 6.45) is 5.25. The fraction of sp³-hybridized carbons (Fsp3) is 0.500. The first-order chi connectivity index (χ1) is 12.1. The summed E-state index contributed by atoms with van der Waals surface area (Å²) in [5.41, 5.74) is 7.34. The number of anilines is 1. The second-order valence-corrected chi connectivity index (χ2v) is 6.86. The molecule has 1 amide bonds. The van der Waals surface area contributed by atoms with E-state index in [4.69, 9.17) is 15.0 Å². The van der Waals surface area contributed by atoms with Crippen molar-refractivity contribution >= 4 is 24.0 Å². The van der Waals surface area contributed by atoms with Crippen LogP contribution in [0.3, 0.4) is 0 Å². The van der Waals surface area contributed by atoms with Gasteiger partial charge in [-0.2, -0.15) is 4.98 Å². The van der Waals surface area contributed by atoms with E-state index in [0.717, 1.165) is 44.1 Å². The average molecular weight is 379 g/mol. The Kier molecular flexibility index (Phi) is 5.60. The molecule has 1 atom stereocenters. The van der Waals surface area contributed by atoms with Crippen molar-refractivity contribution in [1.29, 1.82) is 0 Å². The molecule has 1 aliphatic carbocycles. The van der Waals surface area contributed by atoms with E-state index in [2.05, 4.69) is 15.5 Å². The van der Waals surface area contributed by atoms with Crippen molar-refractivity contribution in [2.24, 2.45) is 5.73 Å². The lowest BCUT2D eigenvalue weighted by molar-refractivity contribution is -0.124. The van der Waals surface area contributed by atoms with Gasteiger partial charge in [0.15, 0.2) is 5.82 Å². The van der Waals surface area contributed by atoms with Crippen molar-refractivity contribution in [3.8, 4) is 11.5 Å². The van der Waals surface area contributed by atoms with Gasteiger partial charge in [-0.25, -0.2) is 0 Å². The Morgan fingerprint density at radius 1 is 1.27 bits per heavy atom. The zero-order chi connectivity index (χ0) is 17.3. The number of nitrogens with two attached hydrogens (primary N) is 1. The first kappa shape index (κ1) is 18.8. The molecule has 3 N–H and O–H groups in total. The Hall–Kier alpha value is -1.96. The molecule has 7 nitrogen and oxygen atoms in total. The second kappa shape index (κ2) is 7.73. The molecule has 2 aromatic rings. The summed E-state index contributed by atoms with van der Waals surface area (Å²) in [4.78, 5) is 16.7. The second-order valence-electron chi connectivity index (χ2n) is 6.86. The van der Waals surface area contributed by atoms with Crippen LogP contribution in [0.25, 0.3) is 11.5 Å². The van der Waals surface area contributed by atoms with Gasteiger partial charge in [-0.1, -0.05) is 24.1 Å². The van der Waals surface area contributed by atoms with Crippen LogP contribution in [0.2, 0.25) is 0 Å². The van der Waals surface area contributed by atoms with Crippen LogP contribution in [0.1, 0.15) is 44.3 Å². The minimum Gasteiger partial charge on any atom is -0.368 e. The van der Waals surface area contributed by atoms with Crippen LogP contribution in [0.15, 0.2) is 28.8 Å². The number of benzene rings is 1. The number of carbonyl (C=O) groups excluding carboxylic acids is 1. The highest BCUT2D eigenvalue weighted by Gasteiger charge is 2.36. The normalized spacial score (nSPS) is 21.3. The summed E-state index contributed by atoms with van der Waals surface area (Å²) in [6, 6.07) is 7.37. The summed E-state index contributed by atoms with van der Waals surface area (Å²) < 4.78 is 10.8. The highest BCUT2D eigenvalue weighted by Crippen LogP contribution is 2.35. The van der Waals surface area contributed by atoms with Gasteiger partial charge in [0.05, 0.1) is 5.54 Å². The molecule has 0 bridgehead atoms. The lowest BCUT2D eigenvalue weighted by atomic mass is 9.99. The molecule has 1 aliphatic heterocycles. The van der Waals surface area contributed by atoms with Gasteiger partial charge in [-0.05, 0) is 43.9 Å². The van der Waals surface area contributed by atoms with Crippen LogP contribution < -0.4 is 11.1 Å². The number of nitrogens with zero attached hydrogens (tertiary/aromatic N) is 2. The van der Waals surface area contributed by atoms with Crippen molar-refractivity contribution in [1.82, 2.24) is 10.1 Å². The number of halogens is 1. The van der Waals surface area contributed by atoms with Crippen LogP contribution in [0.4, 0.5) is 5.69 Å². The van der Waals surface area contributed by atoms with Gasteiger partial charge in [0.2, 0.25) is 0 Å². The average Bonchev–Trinajstić information content (AvgIpc) is 3.37. The number of hydrogen-bond donors (Lipinski definition) is 2. The minimum absolute atomic E-state index is 0. The number of aromatic nitrogens is 2. The van der Waals surface area contributed by atoms with E-state index in [-0.39, 0.29) is 24.4 Å². The summed E-state index contributed by atoms with van der Waals surface area (Å²) in [7, 11) is 0. The van der Waals surface area contributed by atoms with E-state index in [0.29, 0.717) is 24.0 Å². The standard InChI is InChI=1S/C18H22N4O3.ClH/c19-18(8-1-2-9-18)17-21-16(25-22-17)12-5-3-6-13(11-12)20-15(23)14-7-4-10-24-14;/h3,5-6,11,14H,1-2,4,7-10,19H2,(H,20,23);1H. The van der Waals surface area contributed by atoms with Crippen LogP contribution in [0, 0.1) is 0 Å². The molecule has 140 valence electrons. The number of ether oxygens (including phenoxy) is 1. The lowest BCUT2D eigenvalue weighted by Crippen LogP contribution is -2.34. The number of hydrogen-bond acceptors (Lipinski definition) is 6. The van der Waals surface area contributed by atoms with Crippen molar-refractivity contribution in [2.75, 3.05) is 11.9 Å². The van der Waals surface area contributed by atoms with Gasteiger partial charge >= 0.3 is 0 Å². The largest absolute Gasteiger partial charge is 0.368 e. The molecule has 2 fully saturated rings. The highest BCUT2D eigenvalue weighted by molar-refractivity contribution is 5.94. The molecule has 1 aromatic carbocycles. The molecular formula is C18H23ClN4O3. The van der Waals surface area contributed by atoms with E-state index >= 15 is 0 Å². The molecular weight excluding hydrogens is 356 g/mol. The molecule has 2 heterocycles. The number of carbonyl (C=O) groups is 1. The summed E-state index contributed by atoms with van der Waals surface area (Å²) in [5.74, 6) is 0.862. The predicted molar refractivity (Wildman–Crippen MR) is 98.9 cm³/mol. The molecule has 26 heavy (non-hydrogen) atoms. The van der Waals surface area contributed by atoms with Gasteiger partial charge in [0.25, 0.3) is 11.8 Å². The molecule has 8 heteroatoms. The van der Waals surface area contributed by atoms with E-state index in [1.165, 1.54) is 0 Å². The highest BCUT2D eigenvalue weighted by atomic mass is 35.5. The maximum Gasteiger partial charge on any atom is 0.258 e. The first-order valence-corrected chi connectivity index (χ1v) is 8.80. The Bertz CT molecular complexity index is 767. The van der Waals surface area contributed by atoms with Gasteiger partial charge in [0, 0.05) is 17.9 Å². The van der Waals surface area contributed by atoms with Crippen LogP contribution >= 0.6 is 12.4 Å². The Labute approximate surface area is 158 Å². The van der Waals surface area contributed by atoms with E-state index in [1.54, 1.807) is 0 Å². The van der Waals surface area contributed by atoms with Gasteiger partial charge in [-0.15, -0.1) is 12.4 Å². The molecule has 1 saturated heterocycles. The summed E-state index contributed by atoms with van der Waals surface area (Å²) in [6.45, 7) is 0.643. The molecule has 2 aliphatic rings. The zero-order valence-electron chi connectivity index (χ0n) is 14.4. The minimum atomic E-state index is -0.479. The van der Waals surface area contributed by atoms with Crippen LogP contribution in [-0.2, 0) is 15.1 Å². The molecule has 0 spiro atoms. The molecule has 1 aromatic heterocycles. The van der Waals surface area contributed by atoms with E-state index in [9.17, 15) is 4.79 Å². The van der Waals surface area contributed by atoms with Crippen molar-refractivity contribution in [3.05, 3.63) is 30.1 Å². The topological polar surface area (TPSA) is 103 Å². The fourth-order valence-corrected chi connectivity index (χ4v) is 3.51. The van der Waals surface area contributed by atoms with Crippen LogP contribution in [-0.4, -0.2) is 28.8 Å². The monoisotopic (exact) mass is 378 g/mol. The maximum atomic E-state index is 12.2.